The molecule has 126 valence electrons. The van der Waals surface area contributed by atoms with E-state index < -0.39 is 0 Å². The molecule has 0 aliphatic carbocycles. The Hall–Kier alpha value is -2.48. The Morgan fingerprint density at radius 1 is 1.29 bits per heavy atom. The molecule has 8 heteroatoms. The van der Waals surface area contributed by atoms with Gasteiger partial charge in [-0.1, -0.05) is 5.21 Å². The summed E-state index contributed by atoms with van der Waals surface area (Å²) in [6.45, 7) is 3.21. The molecule has 1 atom stereocenters. The number of amides is 2. The molecular weight excluding hydrogens is 308 g/mol. The first-order chi connectivity index (χ1) is 11.8. The summed E-state index contributed by atoms with van der Waals surface area (Å²) in [4.78, 5) is 17.9. The number of urea groups is 1. The minimum absolute atomic E-state index is 0.00189. The molecule has 2 aliphatic rings. The molecule has 4 heterocycles. The van der Waals surface area contributed by atoms with Crippen molar-refractivity contribution in [2.45, 2.75) is 32.1 Å². The lowest BCUT2D eigenvalue weighted by molar-refractivity contribution is 0.00240. The van der Waals surface area contributed by atoms with E-state index in [2.05, 4.69) is 20.6 Å². The number of likely N-dealkylation sites (tertiary alicyclic amines) is 1. The van der Waals surface area contributed by atoms with Gasteiger partial charge in [-0.05, 0) is 25.0 Å². The Morgan fingerprint density at radius 2 is 2.08 bits per heavy atom. The summed E-state index contributed by atoms with van der Waals surface area (Å²) < 4.78 is 7.76. The van der Waals surface area contributed by atoms with Crippen LogP contribution in [0.3, 0.4) is 0 Å². The summed E-state index contributed by atoms with van der Waals surface area (Å²) in [6, 6.07) is 3.82. The zero-order valence-electron chi connectivity index (χ0n) is 13.4. The first kappa shape index (κ1) is 15.1. The number of pyridine rings is 1. The van der Waals surface area contributed by atoms with Gasteiger partial charge in [-0.3, -0.25) is 4.98 Å². The predicted octanol–water partition coefficient (Wildman–Crippen LogP) is 1.04. The average Bonchev–Trinajstić information content (AvgIpc) is 3.30. The monoisotopic (exact) mass is 328 g/mol. The molecule has 0 saturated carbocycles. The van der Waals surface area contributed by atoms with Crippen LogP contribution in [0.1, 0.15) is 18.5 Å². The van der Waals surface area contributed by atoms with Crippen LogP contribution in [0, 0.1) is 0 Å². The Bertz CT molecular complexity index is 711. The summed E-state index contributed by atoms with van der Waals surface area (Å²) in [5.41, 5.74) is 2.77. The molecule has 1 N–H and O–H groups in total. The molecule has 4 rings (SSSR count). The fraction of sp³-hybridized carbons (Fsp3) is 0.500. The summed E-state index contributed by atoms with van der Waals surface area (Å²) >= 11 is 0. The van der Waals surface area contributed by atoms with Crippen LogP contribution in [-0.2, 0) is 17.9 Å². The Kier molecular flexibility index (Phi) is 4.12. The van der Waals surface area contributed by atoms with Gasteiger partial charge in [-0.2, -0.15) is 0 Å². The standard InChI is InChI=1S/C16H20N6O2/c23-16(21-7-1-2-8-21)18-9-13-10-22-14(11-24-13)15(19-20-22)12-3-5-17-6-4-12/h3-6,13H,1-2,7-11H2,(H,18,23). The van der Waals surface area contributed by atoms with Gasteiger partial charge < -0.3 is 15.0 Å². The van der Waals surface area contributed by atoms with Crippen LogP contribution in [0.15, 0.2) is 24.5 Å². The number of carbonyl (C=O) groups excluding carboxylic acids is 1. The first-order valence-corrected chi connectivity index (χ1v) is 8.28. The first-order valence-electron chi connectivity index (χ1n) is 8.28. The maximum Gasteiger partial charge on any atom is 0.317 e. The van der Waals surface area contributed by atoms with Crippen LogP contribution in [0.4, 0.5) is 4.79 Å². The molecule has 0 bridgehead atoms. The second-order valence-corrected chi connectivity index (χ2v) is 6.12. The summed E-state index contributed by atoms with van der Waals surface area (Å²) in [5, 5.41) is 11.5. The fourth-order valence-corrected chi connectivity index (χ4v) is 3.16. The summed E-state index contributed by atoms with van der Waals surface area (Å²) in [5.74, 6) is 0. The van der Waals surface area contributed by atoms with E-state index in [1.807, 2.05) is 21.7 Å². The van der Waals surface area contributed by atoms with Gasteiger partial charge in [0, 0.05) is 37.6 Å². The minimum Gasteiger partial charge on any atom is -0.368 e. The molecule has 24 heavy (non-hydrogen) atoms. The molecule has 2 aromatic heterocycles. The van der Waals surface area contributed by atoms with E-state index in [1.165, 1.54) is 0 Å². The lowest BCUT2D eigenvalue weighted by atomic mass is 10.1. The van der Waals surface area contributed by atoms with Crippen LogP contribution in [-0.4, -0.2) is 56.6 Å². The quantitative estimate of drug-likeness (QED) is 0.910. The third-order valence-electron chi connectivity index (χ3n) is 4.50. The van der Waals surface area contributed by atoms with Crippen LogP contribution < -0.4 is 5.32 Å². The van der Waals surface area contributed by atoms with Crippen molar-refractivity contribution < 1.29 is 9.53 Å². The van der Waals surface area contributed by atoms with Gasteiger partial charge in [0.1, 0.15) is 5.69 Å². The second-order valence-electron chi connectivity index (χ2n) is 6.12. The third-order valence-corrected chi connectivity index (χ3v) is 4.50. The van der Waals surface area contributed by atoms with Gasteiger partial charge in [0.05, 0.1) is 24.9 Å². The summed E-state index contributed by atoms with van der Waals surface area (Å²) in [7, 11) is 0. The van der Waals surface area contributed by atoms with Gasteiger partial charge >= 0.3 is 6.03 Å². The lowest BCUT2D eigenvalue weighted by Crippen LogP contribution is -2.44. The minimum atomic E-state index is -0.0870. The number of aromatic nitrogens is 4. The van der Waals surface area contributed by atoms with Crippen molar-refractivity contribution in [1.82, 2.24) is 30.2 Å². The second kappa shape index (κ2) is 6.56. The molecule has 2 aliphatic heterocycles. The van der Waals surface area contributed by atoms with E-state index >= 15 is 0 Å². The highest BCUT2D eigenvalue weighted by Gasteiger charge is 2.25. The van der Waals surface area contributed by atoms with E-state index in [0.717, 1.165) is 42.9 Å². The molecule has 8 nitrogen and oxygen atoms in total. The molecule has 1 saturated heterocycles. The van der Waals surface area contributed by atoms with Crippen LogP contribution >= 0.6 is 0 Å². The molecular formula is C16H20N6O2. The lowest BCUT2D eigenvalue weighted by Gasteiger charge is -2.25. The van der Waals surface area contributed by atoms with Gasteiger partial charge in [-0.25, -0.2) is 9.48 Å². The van der Waals surface area contributed by atoms with Crippen molar-refractivity contribution in [1.29, 1.82) is 0 Å². The van der Waals surface area contributed by atoms with Gasteiger partial charge in [0.15, 0.2) is 0 Å². The molecule has 1 fully saturated rings. The van der Waals surface area contributed by atoms with E-state index in [0.29, 0.717) is 19.7 Å². The van der Waals surface area contributed by atoms with E-state index in [-0.39, 0.29) is 12.1 Å². The van der Waals surface area contributed by atoms with Crippen LogP contribution in [0.5, 0.6) is 0 Å². The van der Waals surface area contributed by atoms with Gasteiger partial charge in [-0.15, -0.1) is 5.10 Å². The molecule has 2 amide bonds. The number of fused-ring (bicyclic) bond motifs is 1. The SMILES string of the molecule is O=C(NCC1Cn2nnc(-c3ccncc3)c2CO1)N1CCCC1. The normalized spacial score (nSPS) is 20.0. The largest absolute Gasteiger partial charge is 0.368 e. The Balaban J connectivity index is 1.38. The highest BCUT2D eigenvalue weighted by molar-refractivity contribution is 5.74. The van der Waals surface area contributed by atoms with Crippen LogP contribution in [0.25, 0.3) is 11.3 Å². The van der Waals surface area contributed by atoms with Crippen molar-refractivity contribution in [3.63, 3.8) is 0 Å². The van der Waals surface area contributed by atoms with Gasteiger partial charge in [0.25, 0.3) is 0 Å². The zero-order valence-corrected chi connectivity index (χ0v) is 13.4. The molecule has 0 radical (unpaired) electrons. The highest BCUT2D eigenvalue weighted by atomic mass is 16.5. The topological polar surface area (TPSA) is 85.2 Å². The van der Waals surface area contributed by atoms with E-state index in [9.17, 15) is 4.79 Å². The highest BCUT2D eigenvalue weighted by Crippen LogP contribution is 2.24. The number of hydrogen-bond acceptors (Lipinski definition) is 5. The average molecular weight is 328 g/mol. The fourth-order valence-electron chi connectivity index (χ4n) is 3.16. The van der Waals surface area contributed by atoms with Crippen molar-refractivity contribution in [2.24, 2.45) is 0 Å². The predicted molar refractivity (Wildman–Crippen MR) is 86.0 cm³/mol. The van der Waals surface area contributed by atoms with E-state index in [1.54, 1.807) is 12.4 Å². The van der Waals surface area contributed by atoms with Crippen molar-refractivity contribution in [2.75, 3.05) is 19.6 Å². The summed E-state index contributed by atoms with van der Waals surface area (Å²) in [6.07, 6.45) is 5.57. The zero-order chi connectivity index (χ0) is 16.4. The number of ether oxygens (including phenoxy) is 1. The number of hydrogen-bond donors (Lipinski definition) is 1. The van der Waals surface area contributed by atoms with Crippen molar-refractivity contribution in [3.05, 3.63) is 30.2 Å². The van der Waals surface area contributed by atoms with E-state index in [4.69, 9.17) is 4.74 Å². The van der Waals surface area contributed by atoms with Gasteiger partial charge in [0.2, 0.25) is 0 Å². The number of carbonyl (C=O) groups is 1. The molecule has 0 spiro atoms. The number of nitrogens with zero attached hydrogens (tertiary/aromatic N) is 5. The number of nitrogens with one attached hydrogen (secondary N) is 1. The maximum absolute atomic E-state index is 12.0. The smallest absolute Gasteiger partial charge is 0.317 e. The number of rotatable bonds is 3. The van der Waals surface area contributed by atoms with Crippen LogP contribution in [0.2, 0.25) is 0 Å². The van der Waals surface area contributed by atoms with Crippen molar-refractivity contribution in [3.8, 4) is 11.3 Å². The van der Waals surface area contributed by atoms with Crippen molar-refractivity contribution >= 4 is 6.03 Å². The molecule has 1 unspecified atom stereocenters. The maximum atomic E-state index is 12.0. The Morgan fingerprint density at radius 3 is 2.88 bits per heavy atom. The Labute approximate surface area is 139 Å². The third kappa shape index (κ3) is 2.96. The molecule has 0 aromatic carbocycles. The molecule has 2 aromatic rings.